The number of halogens is 3. The van der Waals surface area contributed by atoms with Crippen LogP contribution in [0.2, 0.25) is 5.02 Å². The molecule has 0 amide bonds. The second-order valence-corrected chi connectivity index (χ2v) is 11.3. The second-order valence-electron chi connectivity index (χ2n) is 10.9. The lowest BCUT2D eigenvalue weighted by atomic mass is 9.73. The van der Waals surface area contributed by atoms with E-state index >= 15 is 0 Å². The predicted octanol–water partition coefficient (Wildman–Crippen LogP) is 3.54. The molecule has 1 spiro atoms. The minimum atomic E-state index is -2.61. The van der Waals surface area contributed by atoms with Crippen LogP contribution in [0, 0.1) is 5.41 Å². The highest BCUT2D eigenvalue weighted by atomic mass is 35.5. The Bertz CT molecular complexity index is 1290. The molecule has 1 aromatic carbocycles. The van der Waals surface area contributed by atoms with Gasteiger partial charge in [0.2, 0.25) is 5.95 Å². The van der Waals surface area contributed by atoms with Gasteiger partial charge in [0.05, 0.1) is 18.4 Å². The molecule has 0 bridgehead atoms. The van der Waals surface area contributed by atoms with Crippen LogP contribution in [-0.4, -0.2) is 67.3 Å². The minimum Gasteiger partial charge on any atom is -0.354 e. The molecule has 3 aliphatic heterocycles. The van der Waals surface area contributed by atoms with Crippen molar-refractivity contribution in [3.8, 4) is 5.69 Å². The molecule has 3 fully saturated rings. The number of nitrogens with zero attached hydrogens (tertiary/aromatic N) is 8. The maximum absolute atomic E-state index is 13.9. The van der Waals surface area contributed by atoms with Crippen molar-refractivity contribution in [3.05, 3.63) is 53.2 Å². The number of aromatic nitrogens is 5. The van der Waals surface area contributed by atoms with E-state index in [1.54, 1.807) is 18.6 Å². The van der Waals surface area contributed by atoms with Gasteiger partial charge in [-0.25, -0.2) is 13.8 Å². The summed E-state index contributed by atoms with van der Waals surface area (Å²) in [6, 6.07) is 5.79. The molecule has 1 aliphatic carbocycles. The number of anilines is 2. The summed E-state index contributed by atoms with van der Waals surface area (Å²) in [7, 11) is 0. The van der Waals surface area contributed by atoms with Gasteiger partial charge in [0.1, 0.15) is 5.82 Å². The topological polar surface area (TPSA) is 66.2 Å². The average molecular weight is 499 g/mol. The van der Waals surface area contributed by atoms with Gasteiger partial charge < -0.3 is 9.80 Å². The van der Waals surface area contributed by atoms with E-state index in [1.165, 1.54) is 0 Å². The largest absolute Gasteiger partial charge is 0.354 e. The molecule has 2 aromatic heterocycles. The molecule has 2 saturated heterocycles. The van der Waals surface area contributed by atoms with E-state index in [2.05, 4.69) is 39.4 Å². The Morgan fingerprint density at radius 1 is 0.971 bits per heavy atom. The van der Waals surface area contributed by atoms with E-state index in [0.717, 1.165) is 55.0 Å². The van der Waals surface area contributed by atoms with Crippen LogP contribution < -0.4 is 9.80 Å². The number of fused-ring (bicyclic) bond motifs is 3. The third-order valence-electron chi connectivity index (χ3n) is 7.99. The summed E-state index contributed by atoms with van der Waals surface area (Å²) in [4.78, 5) is 15.2. The Kier molecular flexibility index (Phi) is 4.35. The Hall–Kier alpha value is -2.85. The highest BCUT2D eigenvalue weighted by Gasteiger charge is 2.57. The van der Waals surface area contributed by atoms with Crippen LogP contribution in [0.4, 0.5) is 20.5 Å². The van der Waals surface area contributed by atoms with Crippen LogP contribution in [0.5, 0.6) is 0 Å². The van der Waals surface area contributed by atoms with E-state index in [4.69, 9.17) is 11.6 Å². The SMILES string of the molecule is CC1(N2Cc3cc(Cl)ccc3-n3c(nnc3N3CC4(CN(c5cnccn5)C4)C3)C2)CC(F)(F)C1. The van der Waals surface area contributed by atoms with Gasteiger partial charge in [-0.2, -0.15) is 0 Å². The van der Waals surface area contributed by atoms with Gasteiger partial charge in [0.25, 0.3) is 5.92 Å². The number of rotatable bonds is 3. The lowest BCUT2D eigenvalue weighted by Crippen LogP contribution is -2.73. The summed E-state index contributed by atoms with van der Waals surface area (Å²) in [6.45, 7) is 6.58. The molecule has 0 unspecified atom stereocenters. The number of alkyl halides is 2. The molecular formula is C24H25ClF2N8. The maximum Gasteiger partial charge on any atom is 0.251 e. The molecular weight excluding hydrogens is 474 g/mol. The van der Waals surface area contributed by atoms with Crippen LogP contribution in [-0.2, 0) is 13.1 Å². The summed E-state index contributed by atoms with van der Waals surface area (Å²) in [6.07, 6.45) is 4.91. The summed E-state index contributed by atoms with van der Waals surface area (Å²) in [5, 5.41) is 9.73. The molecule has 7 rings (SSSR count). The van der Waals surface area contributed by atoms with Crippen molar-refractivity contribution in [1.29, 1.82) is 0 Å². The predicted molar refractivity (Wildman–Crippen MR) is 127 cm³/mol. The summed E-state index contributed by atoms with van der Waals surface area (Å²) >= 11 is 6.35. The van der Waals surface area contributed by atoms with Crippen molar-refractivity contribution in [2.45, 2.75) is 44.3 Å². The van der Waals surface area contributed by atoms with Crippen LogP contribution >= 0.6 is 11.6 Å². The molecule has 0 radical (unpaired) electrons. The summed E-state index contributed by atoms with van der Waals surface area (Å²) in [5.74, 6) is -0.120. The quantitative estimate of drug-likeness (QED) is 0.547. The Morgan fingerprint density at radius 2 is 1.74 bits per heavy atom. The average Bonchev–Trinajstić information content (AvgIpc) is 3.06. The fraction of sp³-hybridized carbons (Fsp3) is 0.500. The third-order valence-corrected chi connectivity index (χ3v) is 8.23. The fourth-order valence-electron chi connectivity index (χ4n) is 6.34. The molecule has 1 saturated carbocycles. The first-order valence-corrected chi connectivity index (χ1v) is 12.2. The monoisotopic (exact) mass is 498 g/mol. The van der Waals surface area contributed by atoms with E-state index in [0.29, 0.717) is 18.1 Å². The highest BCUT2D eigenvalue weighted by molar-refractivity contribution is 6.30. The van der Waals surface area contributed by atoms with Crippen molar-refractivity contribution >= 4 is 23.4 Å². The molecule has 3 aromatic rings. The first-order valence-electron chi connectivity index (χ1n) is 11.8. The highest BCUT2D eigenvalue weighted by Crippen LogP contribution is 2.51. The third kappa shape index (κ3) is 3.33. The number of hydrogen-bond acceptors (Lipinski definition) is 7. The van der Waals surface area contributed by atoms with Crippen LogP contribution in [0.1, 0.15) is 31.2 Å². The van der Waals surface area contributed by atoms with Gasteiger partial charge in [0, 0.05) is 73.9 Å². The van der Waals surface area contributed by atoms with Crippen molar-refractivity contribution in [3.63, 3.8) is 0 Å². The molecule has 4 aliphatic rings. The van der Waals surface area contributed by atoms with Gasteiger partial charge in [0.15, 0.2) is 5.82 Å². The van der Waals surface area contributed by atoms with Crippen molar-refractivity contribution in [1.82, 2.24) is 29.6 Å². The molecule has 0 N–H and O–H groups in total. The first-order chi connectivity index (χ1) is 16.7. The van der Waals surface area contributed by atoms with Gasteiger partial charge in [-0.05, 0) is 30.7 Å². The number of benzene rings is 1. The van der Waals surface area contributed by atoms with Crippen LogP contribution in [0.25, 0.3) is 5.69 Å². The minimum absolute atomic E-state index is 0.145. The molecule has 0 atom stereocenters. The second kappa shape index (κ2) is 7.10. The van der Waals surface area contributed by atoms with E-state index < -0.39 is 11.5 Å². The maximum atomic E-state index is 13.9. The Labute approximate surface area is 206 Å². The standard InChI is InChI=1S/C24H25ClF2N8/c1-22(10-24(26,27)11-22)34-8-16-6-17(25)2-3-18(16)35-20(9-34)30-31-21(35)33-14-23(15-33)12-32(13-23)19-7-28-4-5-29-19/h2-7H,8-15H2,1H3. The zero-order valence-corrected chi connectivity index (χ0v) is 20.1. The van der Waals surface area contributed by atoms with Gasteiger partial charge in [-0.1, -0.05) is 11.6 Å². The van der Waals surface area contributed by atoms with Gasteiger partial charge in [-0.3, -0.25) is 14.5 Å². The Balaban J connectivity index is 1.16. The summed E-state index contributed by atoms with van der Waals surface area (Å²) in [5.41, 5.74) is 1.61. The fourth-order valence-corrected chi connectivity index (χ4v) is 6.54. The lowest BCUT2D eigenvalue weighted by Gasteiger charge is -2.60. The lowest BCUT2D eigenvalue weighted by molar-refractivity contribution is -0.173. The van der Waals surface area contributed by atoms with Gasteiger partial charge >= 0.3 is 0 Å². The van der Waals surface area contributed by atoms with Crippen molar-refractivity contribution in [2.24, 2.45) is 5.41 Å². The normalized spacial score (nSPS) is 23.5. The van der Waals surface area contributed by atoms with Gasteiger partial charge in [-0.15, -0.1) is 10.2 Å². The van der Waals surface area contributed by atoms with Crippen LogP contribution in [0.15, 0.2) is 36.8 Å². The molecule has 182 valence electrons. The van der Waals surface area contributed by atoms with E-state index in [-0.39, 0.29) is 18.3 Å². The van der Waals surface area contributed by atoms with E-state index in [9.17, 15) is 8.78 Å². The smallest absolute Gasteiger partial charge is 0.251 e. The van der Waals surface area contributed by atoms with Crippen molar-refractivity contribution in [2.75, 3.05) is 36.0 Å². The summed E-state index contributed by atoms with van der Waals surface area (Å²) < 4.78 is 29.8. The molecule has 11 heteroatoms. The zero-order valence-electron chi connectivity index (χ0n) is 19.3. The zero-order chi connectivity index (χ0) is 24.0. The molecule has 8 nitrogen and oxygen atoms in total. The number of hydrogen-bond donors (Lipinski definition) is 0. The molecule has 5 heterocycles. The van der Waals surface area contributed by atoms with Crippen molar-refractivity contribution < 1.29 is 8.78 Å². The van der Waals surface area contributed by atoms with E-state index in [1.807, 2.05) is 25.1 Å². The van der Waals surface area contributed by atoms with Crippen LogP contribution in [0.3, 0.4) is 0 Å². The first kappa shape index (κ1) is 21.4. The molecule has 35 heavy (non-hydrogen) atoms. The Morgan fingerprint density at radius 3 is 2.46 bits per heavy atom.